The summed E-state index contributed by atoms with van der Waals surface area (Å²) in [5, 5.41) is 9.64. The Morgan fingerprint density at radius 3 is 2.44 bits per heavy atom. The zero-order valence-corrected chi connectivity index (χ0v) is 10.4. The van der Waals surface area contributed by atoms with Crippen LogP contribution in [0.3, 0.4) is 0 Å². The maximum atomic E-state index is 12.0. The van der Waals surface area contributed by atoms with Crippen molar-refractivity contribution >= 4 is 17.5 Å². The van der Waals surface area contributed by atoms with Gasteiger partial charge >= 0.3 is 0 Å². The lowest BCUT2D eigenvalue weighted by atomic mass is 10.1. The Hall–Kier alpha value is -1.88. The Morgan fingerprint density at radius 1 is 1.22 bits per heavy atom. The quantitative estimate of drug-likeness (QED) is 0.618. The highest BCUT2D eigenvalue weighted by Crippen LogP contribution is 2.25. The summed E-state index contributed by atoms with van der Waals surface area (Å²) in [4.78, 5) is 25.2. The molecule has 0 atom stereocenters. The van der Waals surface area contributed by atoms with Crippen LogP contribution < -0.4 is 5.73 Å². The number of anilines is 1. The first-order chi connectivity index (χ1) is 8.29. The number of benzene rings is 1. The minimum absolute atomic E-state index is 0.204. The molecule has 0 aromatic heterocycles. The lowest BCUT2D eigenvalue weighted by molar-refractivity contribution is 0.0479. The summed E-state index contributed by atoms with van der Waals surface area (Å²) in [7, 11) is 0. The summed E-state index contributed by atoms with van der Waals surface area (Å²) in [6.07, 6.45) is 0.341. The fourth-order valence-corrected chi connectivity index (χ4v) is 1.90. The summed E-state index contributed by atoms with van der Waals surface area (Å²) >= 11 is 0. The number of aliphatic hydroxyl groups is 1. The highest BCUT2D eigenvalue weighted by Gasteiger charge is 2.35. The summed E-state index contributed by atoms with van der Waals surface area (Å²) in [5.41, 5.74) is 5.88. The molecule has 1 aliphatic heterocycles. The molecular formula is C13H16N2O3. The summed E-state index contributed by atoms with van der Waals surface area (Å²) in [6.45, 7) is 3.49. The SMILES string of the molecule is CC(C)(O)CCN1C(=O)c2ccc(N)cc2C1=O. The number of nitrogens with zero attached hydrogens (tertiary/aromatic N) is 1. The van der Waals surface area contributed by atoms with Gasteiger partial charge in [0.25, 0.3) is 11.8 Å². The van der Waals surface area contributed by atoms with Crippen LogP contribution in [0.25, 0.3) is 0 Å². The summed E-state index contributed by atoms with van der Waals surface area (Å²) in [6, 6.07) is 4.68. The van der Waals surface area contributed by atoms with E-state index in [4.69, 9.17) is 5.73 Å². The third-order valence-corrected chi connectivity index (χ3v) is 2.94. The van der Waals surface area contributed by atoms with Crippen LogP contribution >= 0.6 is 0 Å². The average Bonchev–Trinajstić information content (AvgIpc) is 2.48. The Morgan fingerprint density at radius 2 is 1.83 bits per heavy atom. The van der Waals surface area contributed by atoms with E-state index in [2.05, 4.69) is 0 Å². The summed E-state index contributed by atoms with van der Waals surface area (Å²) in [5.74, 6) is -0.661. The number of nitrogens with two attached hydrogens (primary N) is 1. The highest BCUT2D eigenvalue weighted by atomic mass is 16.3. The Balaban J connectivity index is 2.23. The summed E-state index contributed by atoms with van der Waals surface area (Å²) < 4.78 is 0. The van der Waals surface area contributed by atoms with Crippen molar-refractivity contribution in [3.63, 3.8) is 0 Å². The van der Waals surface area contributed by atoms with Crippen LogP contribution in [0.2, 0.25) is 0 Å². The van der Waals surface area contributed by atoms with E-state index in [0.717, 1.165) is 4.90 Å². The molecule has 0 unspecified atom stereocenters. The van der Waals surface area contributed by atoms with E-state index in [9.17, 15) is 14.7 Å². The molecule has 1 aromatic carbocycles. The Bertz CT molecular complexity index is 517. The van der Waals surface area contributed by atoms with Crippen LogP contribution in [-0.2, 0) is 0 Å². The number of nitrogen functional groups attached to an aromatic ring is 1. The molecule has 3 N–H and O–H groups in total. The molecule has 18 heavy (non-hydrogen) atoms. The molecule has 0 spiro atoms. The molecule has 5 nitrogen and oxygen atoms in total. The van der Waals surface area contributed by atoms with Crippen molar-refractivity contribution in [2.45, 2.75) is 25.9 Å². The normalized spacial score (nSPS) is 15.2. The van der Waals surface area contributed by atoms with Crippen molar-refractivity contribution in [2.75, 3.05) is 12.3 Å². The van der Waals surface area contributed by atoms with Gasteiger partial charge in [0.15, 0.2) is 0 Å². The molecule has 0 bridgehead atoms. The van der Waals surface area contributed by atoms with Crippen LogP contribution in [0.1, 0.15) is 41.0 Å². The molecule has 0 aliphatic carbocycles. The van der Waals surface area contributed by atoms with E-state index in [1.165, 1.54) is 6.07 Å². The second-order valence-corrected chi connectivity index (χ2v) is 5.13. The van der Waals surface area contributed by atoms with Crippen molar-refractivity contribution in [2.24, 2.45) is 0 Å². The van der Waals surface area contributed by atoms with Gasteiger partial charge in [-0.3, -0.25) is 14.5 Å². The number of fused-ring (bicyclic) bond motifs is 1. The molecule has 2 amide bonds. The lowest BCUT2D eigenvalue weighted by Crippen LogP contribution is -2.35. The number of carbonyl (C=O) groups is 2. The topological polar surface area (TPSA) is 83.6 Å². The molecular weight excluding hydrogens is 232 g/mol. The molecule has 0 radical (unpaired) electrons. The lowest BCUT2D eigenvalue weighted by Gasteiger charge is -2.21. The van der Waals surface area contributed by atoms with Gasteiger partial charge in [-0.2, -0.15) is 0 Å². The fraction of sp³-hybridized carbons (Fsp3) is 0.385. The third-order valence-electron chi connectivity index (χ3n) is 2.94. The predicted molar refractivity (Wildman–Crippen MR) is 67.1 cm³/mol. The van der Waals surface area contributed by atoms with E-state index >= 15 is 0 Å². The van der Waals surface area contributed by atoms with E-state index in [1.54, 1.807) is 26.0 Å². The van der Waals surface area contributed by atoms with Crippen molar-refractivity contribution < 1.29 is 14.7 Å². The monoisotopic (exact) mass is 248 g/mol. The maximum absolute atomic E-state index is 12.0. The zero-order chi connectivity index (χ0) is 13.5. The Kier molecular flexibility index (Phi) is 2.86. The number of amides is 2. The van der Waals surface area contributed by atoms with Gasteiger partial charge in [-0.15, -0.1) is 0 Å². The minimum Gasteiger partial charge on any atom is -0.399 e. The van der Waals surface area contributed by atoms with Crippen LogP contribution in [0.4, 0.5) is 5.69 Å². The fourth-order valence-electron chi connectivity index (χ4n) is 1.90. The standard InChI is InChI=1S/C13H16N2O3/c1-13(2,18)5-6-15-11(16)9-4-3-8(14)7-10(9)12(15)17/h3-4,7,18H,5-6,14H2,1-2H3. The van der Waals surface area contributed by atoms with Gasteiger partial charge in [0, 0.05) is 12.2 Å². The van der Waals surface area contributed by atoms with Crippen molar-refractivity contribution in [1.29, 1.82) is 0 Å². The van der Waals surface area contributed by atoms with Gasteiger partial charge in [-0.25, -0.2) is 0 Å². The molecule has 2 rings (SSSR count). The smallest absolute Gasteiger partial charge is 0.261 e. The van der Waals surface area contributed by atoms with Crippen molar-refractivity contribution in [1.82, 2.24) is 4.90 Å². The van der Waals surface area contributed by atoms with Crippen molar-refractivity contribution in [3.05, 3.63) is 29.3 Å². The molecule has 1 heterocycles. The number of carbonyl (C=O) groups excluding carboxylic acids is 2. The van der Waals surface area contributed by atoms with Crippen LogP contribution in [0, 0.1) is 0 Å². The van der Waals surface area contributed by atoms with E-state index in [0.29, 0.717) is 23.2 Å². The second kappa shape index (κ2) is 4.10. The van der Waals surface area contributed by atoms with Crippen LogP contribution in [0.5, 0.6) is 0 Å². The zero-order valence-electron chi connectivity index (χ0n) is 10.4. The van der Waals surface area contributed by atoms with Gasteiger partial charge in [-0.1, -0.05) is 0 Å². The molecule has 1 aromatic rings. The first-order valence-electron chi connectivity index (χ1n) is 5.78. The van der Waals surface area contributed by atoms with Gasteiger partial charge in [-0.05, 0) is 38.5 Å². The van der Waals surface area contributed by atoms with Crippen LogP contribution in [0.15, 0.2) is 18.2 Å². The largest absolute Gasteiger partial charge is 0.399 e. The molecule has 1 aliphatic rings. The van der Waals surface area contributed by atoms with E-state index in [-0.39, 0.29) is 18.4 Å². The third kappa shape index (κ3) is 2.22. The van der Waals surface area contributed by atoms with Gasteiger partial charge in [0.2, 0.25) is 0 Å². The molecule has 5 heteroatoms. The molecule has 0 saturated carbocycles. The predicted octanol–water partition coefficient (Wildman–Crippen LogP) is 1.03. The number of rotatable bonds is 3. The molecule has 0 fully saturated rings. The first-order valence-corrected chi connectivity index (χ1v) is 5.78. The van der Waals surface area contributed by atoms with Gasteiger partial charge in [0.05, 0.1) is 16.7 Å². The Labute approximate surface area is 105 Å². The van der Waals surface area contributed by atoms with Gasteiger partial charge in [0.1, 0.15) is 0 Å². The van der Waals surface area contributed by atoms with Crippen molar-refractivity contribution in [3.8, 4) is 0 Å². The average molecular weight is 248 g/mol. The first kappa shape index (κ1) is 12.6. The number of hydrogen-bond acceptors (Lipinski definition) is 4. The number of hydrogen-bond donors (Lipinski definition) is 2. The highest BCUT2D eigenvalue weighted by molar-refractivity contribution is 6.21. The van der Waals surface area contributed by atoms with Gasteiger partial charge < -0.3 is 10.8 Å². The van der Waals surface area contributed by atoms with Crippen LogP contribution in [-0.4, -0.2) is 34.0 Å². The maximum Gasteiger partial charge on any atom is 0.261 e. The minimum atomic E-state index is -0.908. The number of imide groups is 1. The molecule has 96 valence electrons. The molecule has 0 saturated heterocycles. The van der Waals surface area contributed by atoms with E-state index < -0.39 is 5.60 Å². The van der Waals surface area contributed by atoms with E-state index in [1.807, 2.05) is 0 Å². The second-order valence-electron chi connectivity index (χ2n) is 5.13.